The zero-order chi connectivity index (χ0) is 31.4. The molecule has 0 saturated heterocycles. The van der Waals surface area contributed by atoms with E-state index < -0.39 is 51.2 Å². The van der Waals surface area contributed by atoms with E-state index in [9.17, 15) is 5.11 Å². The van der Waals surface area contributed by atoms with Crippen molar-refractivity contribution in [3.63, 3.8) is 0 Å². The Bertz CT molecular complexity index is 655. The van der Waals surface area contributed by atoms with Crippen LogP contribution in [-0.2, 0) is 4.43 Å². The van der Waals surface area contributed by atoms with Gasteiger partial charge >= 0.3 is 271 Å². The molecule has 2 atom stereocenters. The van der Waals surface area contributed by atoms with Gasteiger partial charge in [-0.25, -0.2) is 0 Å². The van der Waals surface area contributed by atoms with Gasteiger partial charge < -0.3 is 0 Å². The van der Waals surface area contributed by atoms with Crippen LogP contribution in [0.3, 0.4) is 0 Å². The van der Waals surface area contributed by atoms with Crippen LogP contribution in [0, 0.1) is 0 Å². The Labute approximate surface area is 269 Å². The van der Waals surface area contributed by atoms with E-state index in [1.165, 1.54) is 104 Å². The van der Waals surface area contributed by atoms with E-state index in [0.29, 0.717) is 0 Å². The zero-order valence-corrected chi connectivity index (χ0v) is 36.8. The molecular weight excluding hydrogens is 730 g/mol. The third kappa shape index (κ3) is 16.9. The SMILES string of the molecule is CCC[CH2][Sn](/[CH]=C/[C@@H](O)[C@@H](/C=[CH]/[Sn]([CH2]CCC)([CH2]CCC)[CH2]CCC)O[Si](C)(C)C(C)(C)C)([CH2]CCC)[CH2]CCC. The Morgan fingerprint density at radius 2 is 0.878 bits per heavy atom. The molecule has 0 aliphatic carbocycles. The average Bonchev–Trinajstić information content (AvgIpc) is 2.94. The molecule has 0 heterocycles. The molecule has 41 heavy (non-hydrogen) atoms. The van der Waals surface area contributed by atoms with E-state index in [2.05, 4.69) is 95.7 Å². The van der Waals surface area contributed by atoms with Gasteiger partial charge in [-0.05, 0) is 0 Å². The molecule has 0 aliphatic heterocycles. The molecule has 0 aromatic rings. The maximum absolute atomic E-state index is 11.9. The number of rotatable bonds is 25. The first kappa shape index (κ1) is 42.2. The summed E-state index contributed by atoms with van der Waals surface area (Å²) < 4.78 is 21.2. The molecule has 2 nitrogen and oxygen atoms in total. The summed E-state index contributed by atoms with van der Waals surface area (Å²) >= 11 is -4.97. The second kappa shape index (κ2) is 22.7. The molecule has 0 spiro atoms. The van der Waals surface area contributed by atoms with E-state index in [1.807, 2.05) is 0 Å². The van der Waals surface area contributed by atoms with Crippen LogP contribution in [0.1, 0.15) is 139 Å². The molecule has 0 aliphatic rings. The molecule has 244 valence electrons. The Kier molecular flexibility index (Phi) is 23.3. The van der Waals surface area contributed by atoms with Crippen molar-refractivity contribution in [2.24, 2.45) is 0 Å². The molecule has 0 unspecified atom stereocenters. The summed E-state index contributed by atoms with van der Waals surface area (Å²) in [6.07, 6.45) is 19.9. The number of hydrogen-bond donors (Lipinski definition) is 1. The second-order valence-electron chi connectivity index (χ2n) is 14.9. The third-order valence-electron chi connectivity index (χ3n) is 10.0. The van der Waals surface area contributed by atoms with Crippen LogP contribution in [-0.4, -0.2) is 62.4 Å². The van der Waals surface area contributed by atoms with E-state index in [1.54, 1.807) is 0 Å². The fourth-order valence-electron chi connectivity index (χ4n) is 5.87. The predicted molar refractivity (Wildman–Crippen MR) is 196 cm³/mol. The first-order chi connectivity index (χ1) is 19.3. The van der Waals surface area contributed by atoms with Gasteiger partial charge in [-0.3, -0.25) is 0 Å². The summed E-state index contributed by atoms with van der Waals surface area (Å²) in [5, 5.41) is 12.0. The van der Waals surface area contributed by atoms with Crippen molar-refractivity contribution < 1.29 is 9.53 Å². The fourth-order valence-corrected chi connectivity index (χ4v) is 35.8. The first-order valence-corrected chi connectivity index (χ1v) is 36.4. The Morgan fingerprint density at radius 1 is 0.585 bits per heavy atom. The molecule has 0 amide bonds. The van der Waals surface area contributed by atoms with Gasteiger partial charge in [0.25, 0.3) is 0 Å². The van der Waals surface area contributed by atoms with Crippen LogP contribution >= 0.6 is 0 Å². The summed E-state index contributed by atoms with van der Waals surface area (Å²) in [6.45, 7) is 25.8. The normalized spacial score (nSPS) is 15.3. The predicted octanol–water partition coefficient (Wildman–Crippen LogP) is 12.6. The zero-order valence-electron chi connectivity index (χ0n) is 30.0. The van der Waals surface area contributed by atoms with Crippen LogP contribution in [0.5, 0.6) is 0 Å². The van der Waals surface area contributed by atoms with Crippen LogP contribution in [0.2, 0.25) is 44.8 Å². The van der Waals surface area contributed by atoms with Crippen molar-refractivity contribution in [3.8, 4) is 0 Å². The van der Waals surface area contributed by atoms with Gasteiger partial charge in [-0.1, -0.05) is 0 Å². The molecule has 0 saturated carbocycles. The van der Waals surface area contributed by atoms with E-state index in [0.717, 1.165) is 0 Å². The van der Waals surface area contributed by atoms with Crippen LogP contribution in [0.25, 0.3) is 0 Å². The molecule has 0 bridgehead atoms. The Balaban J connectivity index is 6.58. The molecule has 0 aromatic heterocycles. The van der Waals surface area contributed by atoms with E-state index in [4.69, 9.17) is 4.43 Å². The summed E-state index contributed by atoms with van der Waals surface area (Å²) in [7, 11) is -2.05. The van der Waals surface area contributed by atoms with Crippen molar-refractivity contribution in [2.45, 2.75) is 196 Å². The van der Waals surface area contributed by atoms with Gasteiger partial charge in [-0.2, -0.15) is 0 Å². The molecular formula is C36H76O2SiSn2. The van der Waals surface area contributed by atoms with Crippen molar-refractivity contribution in [3.05, 3.63) is 20.3 Å². The van der Waals surface area contributed by atoms with Gasteiger partial charge in [-0.15, -0.1) is 0 Å². The monoisotopic (exact) mass is 808 g/mol. The summed E-state index contributed by atoms with van der Waals surface area (Å²) in [5.41, 5.74) is 0. The van der Waals surface area contributed by atoms with Gasteiger partial charge in [0.2, 0.25) is 0 Å². The quantitative estimate of drug-likeness (QED) is 0.0932. The summed E-state index contributed by atoms with van der Waals surface area (Å²) in [4.78, 5) is 0. The molecule has 0 radical (unpaired) electrons. The Hall–Kier alpha value is 1.21. The molecule has 0 aromatic carbocycles. The number of aliphatic hydroxyl groups is 1. The minimum absolute atomic E-state index is 0.127. The van der Waals surface area contributed by atoms with Crippen molar-refractivity contribution in [1.82, 2.24) is 0 Å². The maximum atomic E-state index is 11.9. The number of hydrogen-bond acceptors (Lipinski definition) is 2. The van der Waals surface area contributed by atoms with Gasteiger partial charge in [0.05, 0.1) is 0 Å². The van der Waals surface area contributed by atoms with Gasteiger partial charge in [0.15, 0.2) is 0 Å². The van der Waals surface area contributed by atoms with Crippen molar-refractivity contribution in [1.29, 1.82) is 0 Å². The molecule has 5 heteroatoms. The van der Waals surface area contributed by atoms with E-state index >= 15 is 0 Å². The van der Waals surface area contributed by atoms with Crippen LogP contribution in [0.15, 0.2) is 20.3 Å². The topological polar surface area (TPSA) is 29.5 Å². The molecule has 0 fully saturated rings. The van der Waals surface area contributed by atoms with E-state index in [-0.39, 0.29) is 11.1 Å². The minimum atomic E-state index is -2.49. The van der Waals surface area contributed by atoms with Gasteiger partial charge in [0.1, 0.15) is 0 Å². The second-order valence-corrected chi connectivity index (χ2v) is 45.7. The fraction of sp³-hybridized carbons (Fsp3) is 0.889. The standard InChI is InChI=1S/C12H22O2Si.6C4H9.2Sn/c1-8-10(13)11(9-2)14-15(6,7)12(3,4)5;6*1-3-4-2;;/h1-2,8-11,13H,3-7H3;6*1,3-4H2,2H3;;/t10-,11-;;;;;;;;/m1......../s1. The van der Waals surface area contributed by atoms with Gasteiger partial charge in [0, 0.05) is 0 Å². The average molecular weight is 807 g/mol. The molecule has 1 N–H and O–H groups in total. The summed E-state index contributed by atoms with van der Waals surface area (Å²) in [5.74, 6) is 0. The third-order valence-corrected chi connectivity index (χ3v) is 42.7. The van der Waals surface area contributed by atoms with Crippen molar-refractivity contribution >= 4 is 45.1 Å². The van der Waals surface area contributed by atoms with Crippen molar-refractivity contribution in [2.75, 3.05) is 0 Å². The first-order valence-electron chi connectivity index (χ1n) is 18.1. The number of unbranched alkanes of at least 4 members (excludes halogenated alkanes) is 6. The van der Waals surface area contributed by atoms with Crippen LogP contribution in [0.4, 0.5) is 0 Å². The van der Waals surface area contributed by atoms with Crippen LogP contribution < -0.4 is 0 Å². The molecule has 0 rings (SSSR count). The Morgan fingerprint density at radius 3 is 1.15 bits per heavy atom. The number of aliphatic hydroxyl groups excluding tert-OH is 1. The summed E-state index contributed by atoms with van der Waals surface area (Å²) in [6, 6.07) is 0.